The third-order valence-electron chi connectivity index (χ3n) is 5.25. The lowest BCUT2D eigenvalue weighted by Crippen LogP contribution is -2.29. The molecule has 2 heterocycles. The molecule has 1 fully saturated rings. The number of nitrogens with zero attached hydrogens (tertiary/aromatic N) is 1. The highest BCUT2D eigenvalue weighted by Crippen LogP contribution is 2.46. The molecule has 1 atom stereocenters. The van der Waals surface area contributed by atoms with Crippen LogP contribution in [-0.2, 0) is 9.59 Å². The molecule has 1 aliphatic heterocycles. The van der Waals surface area contributed by atoms with Gasteiger partial charge in [0.15, 0.2) is 17.4 Å². The predicted octanol–water partition coefficient (Wildman–Crippen LogP) is 6.28. The molecule has 1 saturated heterocycles. The number of hydrogen-bond acceptors (Lipinski definition) is 5. The van der Waals surface area contributed by atoms with Gasteiger partial charge in [-0.1, -0.05) is 23.2 Å². The van der Waals surface area contributed by atoms with E-state index in [1.807, 2.05) is 0 Å². The molecule has 0 saturated carbocycles. The van der Waals surface area contributed by atoms with Gasteiger partial charge in [0.05, 0.1) is 22.7 Å². The minimum Gasteiger partial charge on any atom is -0.507 e. The van der Waals surface area contributed by atoms with Crippen molar-refractivity contribution in [2.24, 2.45) is 0 Å². The zero-order chi connectivity index (χ0) is 24.0. The highest BCUT2D eigenvalue weighted by atomic mass is 35.5. The highest BCUT2D eigenvalue weighted by molar-refractivity contribution is 7.10. The first-order chi connectivity index (χ1) is 15.6. The first-order valence-electron chi connectivity index (χ1n) is 9.49. The Balaban J connectivity index is 1.97. The summed E-state index contributed by atoms with van der Waals surface area (Å²) in [7, 11) is 1.37. The third-order valence-corrected chi connectivity index (χ3v) is 6.88. The van der Waals surface area contributed by atoms with E-state index in [1.165, 1.54) is 36.6 Å². The molecule has 0 aliphatic carbocycles. The molecule has 1 aromatic heterocycles. The number of carbonyl (C=O) groups excluding carboxylic acids is 2. The fourth-order valence-corrected chi connectivity index (χ4v) is 5.36. The fourth-order valence-electron chi connectivity index (χ4n) is 3.69. The maximum absolute atomic E-state index is 14.0. The van der Waals surface area contributed by atoms with Crippen molar-refractivity contribution in [1.82, 2.24) is 0 Å². The van der Waals surface area contributed by atoms with E-state index >= 15 is 0 Å². The van der Waals surface area contributed by atoms with Gasteiger partial charge in [0, 0.05) is 22.2 Å². The maximum Gasteiger partial charge on any atom is 0.300 e. The van der Waals surface area contributed by atoms with Crippen LogP contribution in [0.4, 0.5) is 14.5 Å². The number of ether oxygens (including phenoxy) is 1. The van der Waals surface area contributed by atoms with Gasteiger partial charge in [0.25, 0.3) is 11.7 Å². The number of thiophene rings is 1. The fraction of sp³-hybridized carbons (Fsp3) is 0.130. The topological polar surface area (TPSA) is 66.8 Å². The van der Waals surface area contributed by atoms with Crippen molar-refractivity contribution in [3.8, 4) is 5.75 Å². The van der Waals surface area contributed by atoms with Gasteiger partial charge in [-0.2, -0.15) is 0 Å². The van der Waals surface area contributed by atoms with Crippen LogP contribution in [0.2, 0.25) is 10.0 Å². The molecular formula is C23H15Cl2F2NO4S. The van der Waals surface area contributed by atoms with Crippen molar-refractivity contribution in [2.75, 3.05) is 12.0 Å². The zero-order valence-electron chi connectivity index (χ0n) is 17.2. The Morgan fingerprint density at radius 1 is 1.09 bits per heavy atom. The van der Waals surface area contributed by atoms with Crippen molar-refractivity contribution in [1.29, 1.82) is 0 Å². The summed E-state index contributed by atoms with van der Waals surface area (Å²) in [6, 6.07) is 6.31. The van der Waals surface area contributed by atoms with Crippen LogP contribution < -0.4 is 9.64 Å². The molecule has 170 valence electrons. The van der Waals surface area contributed by atoms with Crippen LogP contribution in [0.3, 0.4) is 0 Å². The second kappa shape index (κ2) is 8.78. The molecule has 4 rings (SSSR count). The van der Waals surface area contributed by atoms with E-state index in [0.717, 1.165) is 22.6 Å². The first kappa shape index (κ1) is 23.2. The second-order valence-corrected chi connectivity index (χ2v) is 8.97. The molecule has 10 heteroatoms. The Labute approximate surface area is 201 Å². The summed E-state index contributed by atoms with van der Waals surface area (Å²) >= 11 is 13.6. The molecule has 1 amide bonds. The van der Waals surface area contributed by atoms with Crippen LogP contribution in [0.15, 0.2) is 47.4 Å². The number of aliphatic hydroxyl groups is 1. The number of aryl methyl sites for hydroxylation is 1. The number of halogens is 4. The molecule has 1 aliphatic rings. The largest absolute Gasteiger partial charge is 0.507 e. The van der Waals surface area contributed by atoms with Crippen LogP contribution in [-0.4, -0.2) is 23.9 Å². The van der Waals surface area contributed by atoms with Crippen molar-refractivity contribution in [3.63, 3.8) is 0 Å². The Hall–Kier alpha value is -2.94. The first-order valence-corrected chi connectivity index (χ1v) is 11.1. The summed E-state index contributed by atoms with van der Waals surface area (Å²) in [5, 5.41) is 13.1. The van der Waals surface area contributed by atoms with Gasteiger partial charge < -0.3 is 9.84 Å². The minimum absolute atomic E-state index is 0.0290. The quantitative estimate of drug-likeness (QED) is 0.255. The van der Waals surface area contributed by atoms with Crippen LogP contribution in [0.5, 0.6) is 5.75 Å². The summed E-state index contributed by atoms with van der Waals surface area (Å²) in [6.07, 6.45) is 0. The summed E-state index contributed by atoms with van der Waals surface area (Å²) < 4.78 is 32.6. The molecule has 33 heavy (non-hydrogen) atoms. The summed E-state index contributed by atoms with van der Waals surface area (Å²) in [4.78, 5) is 27.8. The molecule has 0 bridgehead atoms. The van der Waals surface area contributed by atoms with Crippen molar-refractivity contribution in [3.05, 3.63) is 85.0 Å². The minimum atomic E-state index is -1.18. The summed E-state index contributed by atoms with van der Waals surface area (Å²) in [5.41, 5.74) is 0.579. The molecule has 0 radical (unpaired) electrons. The monoisotopic (exact) mass is 509 g/mol. The smallest absolute Gasteiger partial charge is 0.300 e. The van der Waals surface area contributed by atoms with Crippen molar-refractivity contribution >= 4 is 57.7 Å². The van der Waals surface area contributed by atoms with E-state index < -0.39 is 35.1 Å². The summed E-state index contributed by atoms with van der Waals surface area (Å²) in [6.45, 7) is 1.78. The normalized spacial score (nSPS) is 17.6. The number of aliphatic hydroxyl groups excluding tert-OH is 1. The lowest BCUT2D eigenvalue weighted by atomic mass is 9.98. The Bertz CT molecular complexity index is 1310. The van der Waals surface area contributed by atoms with Gasteiger partial charge in [-0.05, 0) is 48.2 Å². The van der Waals surface area contributed by atoms with Crippen LogP contribution in [0.25, 0.3) is 5.76 Å². The van der Waals surface area contributed by atoms with Crippen molar-refractivity contribution < 1.29 is 28.2 Å². The lowest BCUT2D eigenvalue weighted by molar-refractivity contribution is -0.132. The molecule has 1 N–H and O–H groups in total. The standard InChI is InChI=1S/C23H15Cl2F2NO4S/c1-10-5-6-33-22(10)18-17(19(29)11-7-13(24)21(32-2)14(25)8-11)20(30)23(31)28(18)12-3-4-15(26)16(27)9-12/h3-9,18,29H,1-2H3/b19-17-. The van der Waals surface area contributed by atoms with E-state index in [9.17, 15) is 23.5 Å². The van der Waals surface area contributed by atoms with Gasteiger partial charge in [0.1, 0.15) is 11.8 Å². The Morgan fingerprint density at radius 2 is 1.76 bits per heavy atom. The average Bonchev–Trinajstić information content (AvgIpc) is 3.30. The highest BCUT2D eigenvalue weighted by Gasteiger charge is 2.48. The SMILES string of the molecule is COc1c(Cl)cc(/C(O)=C2/C(=O)C(=O)N(c3ccc(F)c(F)c3)C2c2sccc2C)cc1Cl. The number of Topliss-reactive ketones (excluding diaryl/α,β-unsaturated/α-hetero) is 1. The van der Waals surface area contributed by atoms with Gasteiger partial charge in [0.2, 0.25) is 0 Å². The van der Waals surface area contributed by atoms with Gasteiger partial charge in [-0.15, -0.1) is 11.3 Å². The second-order valence-electron chi connectivity index (χ2n) is 7.21. The predicted molar refractivity (Wildman–Crippen MR) is 123 cm³/mol. The molecule has 3 aromatic rings. The van der Waals surface area contributed by atoms with E-state index in [4.69, 9.17) is 27.9 Å². The van der Waals surface area contributed by atoms with Gasteiger partial charge in [-0.25, -0.2) is 8.78 Å². The number of anilines is 1. The lowest BCUT2D eigenvalue weighted by Gasteiger charge is -2.25. The van der Waals surface area contributed by atoms with E-state index in [0.29, 0.717) is 4.88 Å². The van der Waals surface area contributed by atoms with Crippen molar-refractivity contribution in [2.45, 2.75) is 13.0 Å². The van der Waals surface area contributed by atoms with E-state index in [2.05, 4.69) is 0 Å². The molecule has 0 spiro atoms. The van der Waals surface area contributed by atoms with Crippen LogP contribution >= 0.6 is 34.5 Å². The van der Waals surface area contributed by atoms with Crippen LogP contribution in [0, 0.1) is 18.6 Å². The van der Waals surface area contributed by atoms with Crippen LogP contribution in [0.1, 0.15) is 22.0 Å². The van der Waals surface area contributed by atoms with E-state index in [-0.39, 0.29) is 32.6 Å². The third kappa shape index (κ3) is 3.88. The number of benzene rings is 2. The molecule has 5 nitrogen and oxygen atoms in total. The number of methoxy groups -OCH3 is 1. The number of carbonyl (C=O) groups is 2. The number of rotatable bonds is 4. The zero-order valence-corrected chi connectivity index (χ0v) is 19.5. The maximum atomic E-state index is 14.0. The Morgan fingerprint density at radius 3 is 2.30 bits per heavy atom. The molecule has 2 aromatic carbocycles. The number of hydrogen-bond donors (Lipinski definition) is 1. The van der Waals surface area contributed by atoms with E-state index in [1.54, 1.807) is 18.4 Å². The number of ketones is 1. The Kier molecular flexibility index (Phi) is 6.18. The average molecular weight is 510 g/mol. The van der Waals surface area contributed by atoms with Gasteiger partial charge in [-0.3, -0.25) is 14.5 Å². The summed E-state index contributed by atoms with van der Waals surface area (Å²) in [5.74, 6) is -4.58. The van der Waals surface area contributed by atoms with Gasteiger partial charge >= 0.3 is 0 Å². The molecule has 1 unspecified atom stereocenters. The number of amides is 1. The molecular weight excluding hydrogens is 495 g/mol.